The number of nitrogens with one attached hydrogen (secondary N) is 1. The zero-order valence-electron chi connectivity index (χ0n) is 17.0. The van der Waals surface area contributed by atoms with Crippen molar-refractivity contribution in [3.8, 4) is 17.2 Å². The van der Waals surface area contributed by atoms with Gasteiger partial charge in [-0.25, -0.2) is 0 Å². The standard InChI is InChI=1S/C23H26N2O4/c1-27-20-15-17(16-21(28-2)23(20)29-3)9-10-22(26)24-12-6-13-25-14-11-18-7-4-5-8-19(18)25/h4-5,7-11,14-16H,6,12-13H2,1-3H3,(H,24,26). The lowest BCUT2D eigenvalue weighted by Crippen LogP contribution is -2.23. The third-order valence-electron chi connectivity index (χ3n) is 4.67. The van der Waals surface area contributed by atoms with E-state index in [9.17, 15) is 4.79 Å². The average Bonchev–Trinajstić information content (AvgIpc) is 3.17. The molecular weight excluding hydrogens is 368 g/mol. The van der Waals surface area contributed by atoms with E-state index >= 15 is 0 Å². The number of fused-ring (bicyclic) bond motifs is 1. The maximum absolute atomic E-state index is 12.1. The van der Waals surface area contributed by atoms with E-state index in [-0.39, 0.29) is 5.91 Å². The van der Waals surface area contributed by atoms with Crippen molar-refractivity contribution in [1.82, 2.24) is 9.88 Å². The Morgan fingerprint density at radius 1 is 1.03 bits per heavy atom. The van der Waals surface area contributed by atoms with Crippen LogP contribution in [0.15, 0.2) is 54.7 Å². The Balaban J connectivity index is 1.53. The van der Waals surface area contributed by atoms with Gasteiger partial charge in [0.05, 0.1) is 21.3 Å². The summed E-state index contributed by atoms with van der Waals surface area (Å²) in [5, 5.41) is 4.14. The first-order valence-corrected chi connectivity index (χ1v) is 9.46. The van der Waals surface area contributed by atoms with Crippen LogP contribution in [0.25, 0.3) is 17.0 Å². The smallest absolute Gasteiger partial charge is 0.244 e. The monoisotopic (exact) mass is 394 g/mol. The van der Waals surface area contributed by atoms with E-state index in [1.807, 2.05) is 12.1 Å². The lowest BCUT2D eigenvalue weighted by Gasteiger charge is -2.12. The first-order chi connectivity index (χ1) is 14.2. The van der Waals surface area contributed by atoms with E-state index in [1.165, 1.54) is 17.0 Å². The number of methoxy groups -OCH3 is 3. The molecule has 0 aliphatic rings. The normalized spacial score (nSPS) is 11.0. The van der Waals surface area contributed by atoms with E-state index in [0.29, 0.717) is 23.8 Å². The number of hydrogen-bond acceptors (Lipinski definition) is 4. The van der Waals surface area contributed by atoms with Crippen LogP contribution in [0.4, 0.5) is 0 Å². The van der Waals surface area contributed by atoms with Crippen LogP contribution in [0.2, 0.25) is 0 Å². The van der Waals surface area contributed by atoms with Crippen LogP contribution >= 0.6 is 0 Å². The zero-order valence-corrected chi connectivity index (χ0v) is 17.0. The summed E-state index contributed by atoms with van der Waals surface area (Å²) in [4.78, 5) is 12.1. The summed E-state index contributed by atoms with van der Waals surface area (Å²) >= 11 is 0. The maximum atomic E-state index is 12.1. The predicted molar refractivity (Wildman–Crippen MR) is 115 cm³/mol. The summed E-state index contributed by atoms with van der Waals surface area (Å²) in [5.41, 5.74) is 1.99. The summed E-state index contributed by atoms with van der Waals surface area (Å²) in [5.74, 6) is 1.47. The van der Waals surface area contributed by atoms with Gasteiger partial charge in [-0.05, 0) is 47.7 Å². The Morgan fingerprint density at radius 2 is 1.76 bits per heavy atom. The van der Waals surface area contributed by atoms with Gasteiger partial charge in [0.15, 0.2) is 11.5 Å². The van der Waals surface area contributed by atoms with Gasteiger partial charge in [-0.2, -0.15) is 0 Å². The fraction of sp³-hybridized carbons (Fsp3) is 0.261. The molecule has 3 rings (SSSR count). The number of benzene rings is 2. The number of para-hydroxylation sites is 1. The minimum Gasteiger partial charge on any atom is -0.493 e. The molecule has 1 heterocycles. The Labute approximate surface area is 170 Å². The summed E-state index contributed by atoms with van der Waals surface area (Å²) in [6.07, 6.45) is 6.16. The fourth-order valence-corrected chi connectivity index (χ4v) is 3.23. The average molecular weight is 394 g/mol. The van der Waals surface area contributed by atoms with Crippen LogP contribution in [0, 0.1) is 0 Å². The molecule has 152 valence electrons. The molecule has 1 N–H and O–H groups in total. The second kappa shape index (κ2) is 9.68. The molecule has 0 saturated heterocycles. The second-order valence-electron chi connectivity index (χ2n) is 6.50. The number of nitrogens with zero attached hydrogens (tertiary/aromatic N) is 1. The van der Waals surface area contributed by atoms with Crippen LogP contribution in [0.1, 0.15) is 12.0 Å². The number of carbonyl (C=O) groups excluding carboxylic acids is 1. The number of amides is 1. The van der Waals surface area contributed by atoms with Crippen LogP contribution in [-0.2, 0) is 11.3 Å². The Morgan fingerprint density at radius 3 is 2.45 bits per heavy atom. The van der Waals surface area contributed by atoms with Crippen molar-refractivity contribution in [3.63, 3.8) is 0 Å². The number of carbonyl (C=O) groups is 1. The van der Waals surface area contributed by atoms with Gasteiger partial charge in [-0.15, -0.1) is 0 Å². The summed E-state index contributed by atoms with van der Waals surface area (Å²) in [6.45, 7) is 1.45. The Hall–Kier alpha value is -3.41. The van der Waals surface area contributed by atoms with Crippen molar-refractivity contribution in [3.05, 3.63) is 60.3 Å². The molecule has 0 spiro atoms. The molecule has 0 atom stereocenters. The van der Waals surface area contributed by atoms with E-state index in [1.54, 1.807) is 39.5 Å². The van der Waals surface area contributed by atoms with Gasteiger partial charge in [0.25, 0.3) is 0 Å². The molecule has 0 unspecified atom stereocenters. The molecule has 0 bridgehead atoms. The quantitative estimate of drug-likeness (QED) is 0.442. The van der Waals surface area contributed by atoms with Crippen molar-refractivity contribution in [1.29, 1.82) is 0 Å². The van der Waals surface area contributed by atoms with E-state index in [2.05, 4.69) is 34.3 Å². The zero-order chi connectivity index (χ0) is 20.6. The topological polar surface area (TPSA) is 61.7 Å². The maximum Gasteiger partial charge on any atom is 0.244 e. The number of aromatic nitrogens is 1. The van der Waals surface area contributed by atoms with E-state index < -0.39 is 0 Å². The second-order valence-corrected chi connectivity index (χ2v) is 6.50. The SMILES string of the molecule is COc1cc(C=CC(=O)NCCCn2ccc3ccccc32)cc(OC)c1OC. The fourth-order valence-electron chi connectivity index (χ4n) is 3.23. The number of hydrogen-bond donors (Lipinski definition) is 1. The molecule has 2 aromatic carbocycles. The van der Waals surface area contributed by atoms with Gasteiger partial charge >= 0.3 is 0 Å². The van der Waals surface area contributed by atoms with E-state index in [0.717, 1.165) is 18.5 Å². The molecule has 1 amide bonds. The molecule has 0 saturated carbocycles. The van der Waals surface area contributed by atoms with Gasteiger partial charge < -0.3 is 24.1 Å². The van der Waals surface area contributed by atoms with Gasteiger partial charge in [0.1, 0.15) is 0 Å². The van der Waals surface area contributed by atoms with Crippen molar-refractivity contribution in [2.24, 2.45) is 0 Å². The largest absolute Gasteiger partial charge is 0.493 e. The molecule has 0 aliphatic heterocycles. The molecule has 3 aromatic rings. The lowest BCUT2D eigenvalue weighted by molar-refractivity contribution is -0.116. The molecule has 29 heavy (non-hydrogen) atoms. The lowest BCUT2D eigenvalue weighted by atomic mass is 10.1. The number of aryl methyl sites for hydroxylation is 1. The first kappa shape index (κ1) is 20.3. The molecule has 6 nitrogen and oxygen atoms in total. The van der Waals surface area contributed by atoms with Crippen LogP contribution in [-0.4, -0.2) is 38.3 Å². The highest BCUT2D eigenvalue weighted by Gasteiger charge is 2.12. The summed E-state index contributed by atoms with van der Waals surface area (Å²) in [7, 11) is 4.68. The number of ether oxygens (including phenoxy) is 3. The van der Waals surface area contributed by atoms with Crippen LogP contribution in [0.3, 0.4) is 0 Å². The highest BCUT2D eigenvalue weighted by atomic mass is 16.5. The summed E-state index contributed by atoms with van der Waals surface area (Å²) in [6, 6.07) is 14.0. The Kier molecular flexibility index (Phi) is 6.79. The van der Waals surface area contributed by atoms with E-state index in [4.69, 9.17) is 14.2 Å². The third kappa shape index (κ3) is 4.90. The van der Waals surface area contributed by atoms with Gasteiger partial charge in [-0.3, -0.25) is 4.79 Å². The van der Waals surface area contributed by atoms with Crippen molar-refractivity contribution >= 4 is 22.9 Å². The van der Waals surface area contributed by atoms with Gasteiger partial charge in [0, 0.05) is 30.9 Å². The molecular formula is C23H26N2O4. The molecule has 1 aromatic heterocycles. The molecule has 0 fully saturated rings. The van der Waals surface area contributed by atoms with Crippen LogP contribution < -0.4 is 19.5 Å². The third-order valence-corrected chi connectivity index (χ3v) is 4.67. The van der Waals surface area contributed by atoms with Crippen molar-refractivity contribution in [2.75, 3.05) is 27.9 Å². The minimum atomic E-state index is -0.142. The number of rotatable bonds is 9. The summed E-state index contributed by atoms with van der Waals surface area (Å²) < 4.78 is 18.2. The highest BCUT2D eigenvalue weighted by molar-refractivity contribution is 5.91. The first-order valence-electron chi connectivity index (χ1n) is 9.46. The van der Waals surface area contributed by atoms with Crippen molar-refractivity contribution in [2.45, 2.75) is 13.0 Å². The minimum absolute atomic E-state index is 0.142. The highest BCUT2D eigenvalue weighted by Crippen LogP contribution is 2.38. The van der Waals surface area contributed by atoms with Gasteiger partial charge in [0.2, 0.25) is 11.7 Å². The predicted octanol–water partition coefficient (Wildman–Crippen LogP) is 3.89. The van der Waals surface area contributed by atoms with Crippen molar-refractivity contribution < 1.29 is 19.0 Å². The van der Waals surface area contributed by atoms with Gasteiger partial charge in [-0.1, -0.05) is 18.2 Å². The van der Waals surface area contributed by atoms with Crippen LogP contribution in [0.5, 0.6) is 17.2 Å². The molecule has 0 radical (unpaired) electrons. The molecule has 0 aliphatic carbocycles. The molecule has 6 heteroatoms. The Bertz CT molecular complexity index is 982.